The van der Waals surface area contributed by atoms with Crippen molar-refractivity contribution >= 4 is 12.1 Å². The molecule has 1 saturated heterocycles. The van der Waals surface area contributed by atoms with E-state index in [0.29, 0.717) is 0 Å². The number of cyclic esters (lactones) is 1. The molecule has 1 heterocycles. The number of aliphatic carboxylic acids is 1. The van der Waals surface area contributed by atoms with Gasteiger partial charge in [-0.25, -0.2) is 9.59 Å². The first-order valence-electron chi connectivity index (χ1n) is 5.20. The Morgan fingerprint density at radius 3 is 2.47 bits per heavy atom. The van der Waals surface area contributed by atoms with Crippen LogP contribution in [0.4, 0.5) is 4.79 Å². The second-order valence-corrected chi connectivity index (χ2v) is 4.64. The summed E-state index contributed by atoms with van der Waals surface area (Å²) in [7, 11) is 0. The number of ether oxygens (including phenoxy) is 1. The molecular formula is C10H15NO4. The number of rotatable bonds is 2. The number of nitrogens with one attached hydrogen (secondary N) is 1. The van der Waals surface area contributed by atoms with Crippen molar-refractivity contribution < 1.29 is 19.4 Å². The average Bonchev–Trinajstić information content (AvgIpc) is 2.73. The zero-order chi connectivity index (χ0) is 11.1. The van der Waals surface area contributed by atoms with Crippen LogP contribution in [0.25, 0.3) is 0 Å². The first-order chi connectivity index (χ1) is 7.00. The highest BCUT2D eigenvalue weighted by Crippen LogP contribution is 2.49. The second kappa shape index (κ2) is 3.12. The molecule has 5 heteroatoms. The van der Waals surface area contributed by atoms with E-state index in [4.69, 9.17) is 4.74 Å². The first-order valence-corrected chi connectivity index (χ1v) is 5.20. The molecule has 2 rings (SSSR count). The van der Waals surface area contributed by atoms with Crippen LogP contribution in [0, 0.1) is 5.41 Å². The quantitative estimate of drug-likeness (QED) is 0.721. The molecule has 15 heavy (non-hydrogen) atoms. The number of carbonyl (C=O) groups excluding carboxylic acids is 1. The molecule has 1 unspecified atom stereocenters. The minimum Gasteiger partial charge on any atom is -0.478 e. The van der Waals surface area contributed by atoms with Crippen LogP contribution in [0.1, 0.15) is 32.6 Å². The standard InChI is InChI=1S/C10H15NO4/c1-9(4-2-3-5-9)10(7(12)13)6-11-8(14)15-10/h2-6H2,1H3,(H,11,14)(H,12,13). The van der Waals surface area contributed by atoms with Crippen LogP contribution >= 0.6 is 0 Å². The van der Waals surface area contributed by atoms with Crippen LogP contribution in [-0.2, 0) is 9.53 Å². The molecule has 84 valence electrons. The fraction of sp³-hybridized carbons (Fsp3) is 0.800. The molecule has 1 saturated carbocycles. The number of carboxylic acids is 1. The van der Waals surface area contributed by atoms with Crippen LogP contribution in [0.15, 0.2) is 0 Å². The van der Waals surface area contributed by atoms with E-state index in [-0.39, 0.29) is 6.54 Å². The molecule has 2 N–H and O–H groups in total. The lowest BCUT2D eigenvalue weighted by molar-refractivity contribution is -0.167. The summed E-state index contributed by atoms with van der Waals surface area (Å²) in [4.78, 5) is 22.4. The molecule has 1 aliphatic heterocycles. The molecule has 1 aliphatic carbocycles. The number of hydrogen-bond acceptors (Lipinski definition) is 3. The summed E-state index contributed by atoms with van der Waals surface area (Å²) in [5.74, 6) is -1.04. The van der Waals surface area contributed by atoms with E-state index in [0.717, 1.165) is 25.7 Å². The van der Waals surface area contributed by atoms with Crippen molar-refractivity contribution in [3.8, 4) is 0 Å². The van der Waals surface area contributed by atoms with Gasteiger partial charge in [-0.15, -0.1) is 0 Å². The number of hydrogen-bond donors (Lipinski definition) is 2. The van der Waals surface area contributed by atoms with Gasteiger partial charge in [0.2, 0.25) is 5.60 Å². The van der Waals surface area contributed by atoms with Gasteiger partial charge < -0.3 is 15.2 Å². The van der Waals surface area contributed by atoms with E-state index in [9.17, 15) is 14.7 Å². The van der Waals surface area contributed by atoms with Crippen LogP contribution in [0.5, 0.6) is 0 Å². The van der Waals surface area contributed by atoms with Crippen molar-refractivity contribution in [1.29, 1.82) is 0 Å². The van der Waals surface area contributed by atoms with Crippen molar-refractivity contribution in [3.63, 3.8) is 0 Å². The molecule has 0 aromatic rings. The maximum Gasteiger partial charge on any atom is 0.408 e. The van der Waals surface area contributed by atoms with E-state index in [1.807, 2.05) is 6.92 Å². The summed E-state index contributed by atoms with van der Waals surface area (Å²) < 4.78 is 5.05. The SMILES string of the molecule is CC1(C2(C(=O)O)CNC(=O)O2)CCCC1. The van der Waals surface area contributed by atoms with Gasteiger partial charge in [-0.3, -0.25) is 0 Å². The summed E-state index contributed by atoms with van der Waals surface area (Å²) in [5.41, 5.74) is -1.79. The van der Waals surface area contributed by atoms with Crippen molar-refractivity contribution in [3.05, 3.63) is 0 Å². The van der Waals surface area contributed by atoms with Crippen LogP contribution in [-0.4, -0.2) is 29.3 Å². The number of carbonyl (C=O) groups is 2. The largest absolute Gasteiger partial charge is 0.478 e. The van der Waals surface area contributed by atoms with Crippen LogP contribution < -0.4 is 5.32 Å². The minimum absolute atomic E-state index is 0.0810. The van der Waals surface area contributed by atoms with Gasteiger partial charge in [0.05, 0.1) is 6.54 Å². The van der Waals surface area contributed by atoms with Gasteiger partial charge in [0.1, 0.15) is 0 Å². The molecular weight excluding hydrogens is 198 g/mol. The lowest BCUT2D eigenvalue weighted by Gasteiger charge is -2.37. The Hall–Kier alpha value is -1.26. The van der Waals surface area contributed by atoms with Crippen LogP contribution in [0.2, 0.25) is 0 Å². The lowest BCUT2D eigenvalue weighted by atomic mass is 9.72. The number of carboxylic acid groups (broad SMARTS) is 1. The van der Waals surface area contributed by atoms with Gasteiger partial charge >= 0.3 is 12.1 Å². The molecule has 1 amide bonds. The van der Waals surface area contributed by atoms with Gasteiger partial charge in [-0.1, -0.05) is 19.8 Å². The van der Waals surface area contributed by atoms with Crippen molar-refractivity contribution in [2.45, 2.75) is 38.2 Å². The summed E-state index contributed by atoms with van der Waals surface area (Å²) >= 11 is 0. The van der Waals surface area contributed by atoms with Gasteiger partial charge in [-0.05, 0) is 12.8 Å². The Kier molecular flexibility index (Phi) is 2.13. The third-order valence-corrected chi connectivity index (χ3v) is 3.78. The Morgan fingerprint density at radius 1 is 1.47 bits per heavy atom. The fourth-order valence-electron chi connectivity index (χ4n) is 2.70. The summed E-state index contributed by atoms with van der Waals surface area (Å²) in [6.07, 6.45) is 2.99. The van der Waals surface area contributed by atoms with Gasteiger partial charge in [0.15, 0.2) is 0 Å². The average molecular weight is 213 g/mol. The lowest BCUT2D eigenvalue weighted by Crippen LogP contribution is -2.54. The Morgan fingerprint density at radius 2 is 2.07 bits per heavy atom. The maximum absolute atomic E-state index is 11.3. The molecule has 0 aromatic heterocycles. The number of alkyl carbamates (subject to hydrolysis) is 1. The van der Waals surface area contributed by atoms with Gasteiger partial charge in [-0.2, -0.15) is 0 Å². The predicted octanol–water partition coefficient (Wildman–Crippen LogP) is 1.13. The maximum atomic E-state index is 11.3. The second-order valence-electron chi connectivity index (χ2n) is 4.64. The monoisotopic (exact) mass is 213 g/mol. The molecule has 0 spiro atoms. The van der Waals surface area contributed by atoms with E-state index >= 15 is 0 Å². The molecule has 0 radical (unpaired) electrons. The summed E-state index contributed by atoms with van der Waals surface area (Å²) in [6.45, 7) is 1.98. The minimum atomic E-state index is -1.36. The van der Waals surface area contributed by atoms with E-state index < -0.39 is 23.1 Å². The molecule has 0 aromatic carbocycles. The highest BCUT2D eigenvalue weighted by atomic mass is 16.6. The van der Waals surface area contributed by atoms with Gasteiger partial charge in [0.25, 0.3) is 0 Å². The molecule has 2 fully saturated rings. The number of amides is 1. The Bertz CT molecular complexity index is 309. The first kappa shape index (κ1) is 10.3. The normalized spacial score (nSPS) is 33.5. The highest BCUT2D eigenvalue weighted by molar-refractivity contribution is 5.86. The Balaban J connectivity index is 2.34. The highest BCUT2D eigenvalue weighted by Gasteiger charge is 2.61. The molecule has 5 nitrogen and oxygen atoms in total. The van der Waals surface area contributed by atoms with Crippen LogP contribution in [0.3, 0.4) is 0 Å². The summed E-state index contributed by atoms with van der Waals surface area (Å²) in [6, 6.07) is 0. The molecule has 1 atom stereocenters. The summed E-state index contributed by atoms with van der Waals surface area (Å²) in [5, 5.41) is 11.7. The van der Waals surface area contributed by atoms with Crippen molar-refractivity contribution in [2.24, 2.45) is 5.41 Å². The smallest absolute Gasteiger partial charge is 0.408 e. The third-order valence-electron chi connectivity index (χ3n) is 3.78. The van der Waals surface area contributed by atoms with Gasteiger partial charge in [0, 0.05) is 5.41 Å². The zero-order valence-corrected chi connectivity index (χ0v) is 8.71. The van der Waals surface area contributed by atoms with Crippen molar-refractivity contribution in [1.82, 2.24) is 5.32 Å². The fourth-order valence-corrected chi connectivity index (χ4v) is 2.70. The molecule has 0 bridgehead atoms. The third kappa shape index (κ3) is 1.29. The van der Waals surface area contributed by atoms with E-state index in [1.165, 1.54) is 0 Å². The Labute approximate surface area is 87.8 Å². The van der Waals surface area contributed by atoms with Crippen molar-refractivity contribution in [2.75, 3.05) is 6.54 Å². The van der Waals surface area contributed by atoms with E-state index in [1.54, 1.807) is 0 Å². The predicted molar refractivity (Wildman–Crippen MR) is 51.4 cm³/mol. The molecule has 2 aliphatic rings. The zero-order valence-electron chi connectivity index (χ0n) is 8.71. The van der Waals surface area contributed by atoms with E-state index in [2.05, 4.69) is 5.32 Å². The topological polar surface area (TPSA) is 75.6 Å².